The number of ether oxygens (including phenoxy) is 4. The van der Waals surface area contributed by atoms with Gasteiger partial charge in [0.2, 0.25) is 5.75 Å². The smallest absolute Gasteiger partial charge is 0.203 e. The van der Waals surface area contributed by atoms with Crippen molar-refractivity contribution in [3.8, 4) is 28.7 Å². The molecular weight excluding hydrogens is 308 g/mol. The molecule has 0 aromatic heterocycles. The van der Waals surface area contributed by atoms with Crippen molar-refractivity contribution in [3.63, 3.8) is 0 Å². The fraction of sp³-hybridized carbons (Fsp3) is 0.263. The first-order valence-corrected chi connectivity index (χ1v) is 7.38. The van der Waals surface area contributed by atoms with Gasteiger partial charge in [-0.2, -0.15) is 0 Å². The van der Waals surface area contributed by atoms with Gasteiger partial charge in [0.05, 0.1) is 28.4 Å². The molecular formula is C19H22O5. The summed E-state index contributed by atoms with van der Waals surface area (Å²) in [5, 5.41) is 10.1. The summed E-state index contributed by atoms with van der Waals surface area (Å²) in [5.41, 5.74) is 2.33. The highest BCUT2D eigenvalue weighted by atomic mass is 16.5. The summed E-state index contributed by atoms with van der Waals surface area (Å²) in [5.74, 6) is 2.41. The van der Waals surface area contributed by atoms with Crippen LogP contribution in [0.5, 0.6) is 28.7 Å². The van der Waals surface area contributed by atoms with Crippen LogP contribution in [0.4, 0.5) is 0 Å². The molecule has 2 aromatic carbocycles. The molecule has 0 amide bonds. The van der Waals surface area contributed by atoms with Crippen molar-refractivity contribution < 1.29 is 24.1 Å². The molecule has 0 radical (unpaired) electrons. The fourth-order valence-electron chi connectivity index (χ4n) is 2.52. The summed E-state index contributed by atoms with van der Waals surface area (Å²) in [6.45, 7) is 4.12. The molecule has 24 heavy (non-hydrogen) atoms. The van der Waals surface area contributed by atoms with Gasteiger partial charge in [-0.05, 0) is 29.3 Å². The van der Waals surface area contributed by atoms with Gasteiger partial charge in [-0.25, -0.2) is 0 Å². The first kappa shape index (κ1) is 17.5. The van der Waals surface area contributed by atoms with Crippen LogP contribution in [-0.2, 0) is 6.42 Å². The second kappa shape index (κ2) is 7.64. The van der Waals surface area contributed by atoms with Crippen LogP contribution in [-0.4, -0.2) is 33.5 Å². The van der Waals surface area contributed by atoms with Crippen molar-refractivity contribution in [3.05, 3.63) is 48.0 Å². The largest absolute Gasteiger partial charge is 0.508 e. The molecule has 5 nitrogen and oxygen atoms in total. The van der Waals surface area contributed by atoms with Crippen molar-refractivity contribution in [2.24, 2.45) is 0 Å². The van der Waals surface area contributed by atoms with E-state index in [1.807, 2.05) is 12.1 Å². The lowest BCUT2D eigenvalue weighted by Crippen LogP contribution is -2.00. The minimum absolute atomic E-state index is 0.162. The number of aromatic hydroxyl groups is 1. The number of hydrogen-bond acceptors (Lipinski definition) is 5. The number of phenols is 1. The van der Waals surface area contributed by atoms with E-state index in [0.717, 1.165) is 16.7 Å². The molecule has 0 aliphatic heterocycles. The Kier molecular flexibility index (Phi) is 5.58. The molecule has 2 rings (SSSR count). The molecule has 2 aromatic rings. The van der Waals surface area contributed by atoms with E-state index in [1.54, 1.807) is 46.6 Å². The minimum Gasteiger partial charge on any atom is -0.508 e. The van der Waals surface area contributed by atoms with Crippen molar-refractivity contribution in [2.75, 3.05) is 28.4 Å². The van der Waals surface area contributed by atoms with Gasteiger partial charge in [-0.15, -0.1) is 0 Å². The average molecular weight is 330 g/mol. The minimum atomic E-state index is 0.162. The van der Waals surface area contributed by atoms with Crippen LogP contribution in [0.2, 0.25) is 0 Å². The Labute approximate surface area is 142 Å². The second-order valence-corrected chi connectivity index (χ2v) is 5.16. The molecule has 0 atom stereocenters. The average Bonchev–Trinajstić information content (AvgIpc) is 2.61. The van der Waals surface area contributed by atoms with Crippen LogP contribution in [0, 0.1) is 0 Å². The first-order valence-electron chi connectivity index (χ1n) is 7.38. The van der Waals surface area contributed by atoms with Gasteiger partial charge in [-0.3, -0.25) is 0 Å². The van der Waals surface area contributed by atoms with Crippen LogP contribution in [0.3, 0.4) is 0 Å². The lowest BCUT2D eigenvalue weighted by atomic mass is 9.97. The van der Waals surface area contributed by atoms with Crippen LogP contribution in [0.1, 0.15) is 11.1 Å². The summed E-state index contributed by atoms with van der Waals surface area (Å²) in [6, 6.07) is 8.86. The van der Waals surface area contributed by atoms with E-state index in [0.29, 0.717) is 29.4 Å². The molecule has 0 unspecified atom stereocenters. The van der Waals surface area contributed by atoms with E-state index >= 15 is 0 Å². The number of allylic oxidation sites excluding steroid dienone is 1. The van der Waals surface area contributed by atoms with Crippen LogP contribution in [0.15, 0.2) is 36.9 Å². The predicted octanol–water partition coefficient (Wildman–Crippen LogP) is 3.68. The first-order chi connectivity index (χ1) is 11.5. The van der Waals surface area contributed by atoms with Gasteiger partial charge in [0.25, 0.3) is 0 Å². The van der Waals surface area contributed by atoms with Gasteiger partial charge < -0.3 is 24.1 Å². The molecule has 128 valence electrons. The Balaban J connectivity index is 2.36. The molecule has 0 spiro atoms. The Morgan fingerprint density at radius 2 is 1.62 bits per heavy atom. The summed E-state index contributed by atoms with van der Waals surface area (Å²) in [4.78, 5) is 0. The standard InChI is InChI=1S/C19H22O5/c1-12(10-13-6-7-14(21-2)11-16(13)20)15-8-9-17(22-3)19(24-5)18(15)23-4/h6-9,11,20H,1,10H2,2-5H3. The number of hydrogen-bond donors (Lipinski definition) is 1. The normalized spacial score (nSPS) is 10.2. The summed E-state index contributed by atoms with van der Waals surface area (Å²) < 4.78 is 21.3. The number of rotatable bonds is 7. The van der Waals surface area contributed by atoms with Crippen molar-refractivity contribution >= 4 is 5.57 Å². The number of methoxy groups -OCH3 is 4. The third-order valence-electron chi connectivity index (χ3n) is 3.78. The van der Waals surface area contributed by atoms with Crippen LogP contribution >= 0.6 is 0 Å². The summed E-state index contributed by atoms with van der Waals surface area (Å²) in [6.07, 6.45) is 0.460. The van der Waals surface area contributed by atoms with Gasteiger partial charge in [0.15, 0.2) is 11.5 Å². The molecule has 5 heteroatoms. The van der Waals surface area contributed by atoms with Crippen molar-refractivity contribution in [2.45, 2.75) is 6.42 Å². The lowest BCUT2D eigenvalue weighted by molar-refractivity contribution is 0.324. The SMILES string of the molecule is C=C(Cc1ccc(OC)cc1O)c1ccc(OC)c(OC)c1OC. The topological polar surface area (TPSA) is 57.2 Å². The maximum atomic E-state index is 10.1. The van der Waals surface area contributed by atoms with E-state index in [9.17, 15) is 5.11 Å². The Hall–Kier alpha value is -2.82. The summed E-state index contributed by atoms with van der Waals surface area (Å²) >= 11 is 0. The third kappa shape index (κ3) is 3.40. The maximum absolute atomic E-state index is 10.1. The lowest BCUT2D eigenvalue weighted by Gasteiger charge is -2.17. The predicted molar refractivity (Wildman–Crippen MR) is 93.5 cm³/mol. The molecule has 0 heterocycles. The third-order valence-corrected chi connectivity index (χ3v) is 3.78. The van der Waals surface area contributed by atoms with Crippen LogP contribution < -0.4 is 18.9 Å². The highest BCUT2D eigenvalue weighted by Crippen LogP contribution is 2.43. The summed E-state index contributed by atoms with van der Waals surface area (Å²) in [7, 11) is 6.25. The van der Waals surface area contributed by atoms with Gasteiger partial charge >= 0.3 is 0 Å². The molecule has 0 saturated carbocycles. The highest BCUT2D eigenvalue weighted by molar-refractivity contribution is 5.75. The van der Waals surface area contributed by atoms with E-state index in [2.05, 4.69) is 6.58 Å². The maximum Gasteiger partial charge on any atom is 0.203 e. The van der Waals surface area contributed by atoms with E-state index < -0.39 is 0 Å². The molecule has 0 bridgehead atoms. The Morgan fingerprint density at radius 1 is 0.917 bits per heavy atom. The monoisotopic (exact) mass is 330 g/mol. The van der Waals surface area contributed by atoms with Crippen molar-refractivity contribution in [1.82, 2.24) is 0 Å². The van der Waals surface area contributed by atoms with Gasteiger partial charge in [0.1, 0.15) is 11.5 Å². The van der Waals surface area contributed by atoms with E-state index in [4.69, 9.17) is 18.9 Å². The number of benzene rings is 2. The molecule has 0 aliphatic carbocycles. The second-order valence-electron chi connectivity index (χ2n) is 5.16. The zero-order chi connectivity index (χ0) is 17.7. The van der Waals surface area contributed by atoms with Crippen molar-refractivity contribution in [1.29, 1.82) is 0 Å². The molecule has 0 saturated heterocycles. The number of phenolic OH excluding ortho intramolecular Hbond substituents is 1. The zero-order valence-corrected chi connectivity index (χ0v) is 14.4. The van der Waals surface area contributed by atoms with E-state index in [-0.39, 0.29) is 5.75 Å². The van der Waals surface area contributed by atoms with Gasteiger partial charge in [-0.1, -0.05) is 12.6 Å². The van der Waals surface area contributed by atoms with E-state index in [1.165, 1.54) is 0 Å². The highest BCUT2D eigenvalue weighted by Gasteiger charge is 2.18. The quantitative estimate of drug-likeness (QED) is 0.839. The zero-order valence-electron chi connectivity index (χ0n) is 14.4. The van der Waals surface area contributed by atoms with Gasteiger partial charge in [0, 0.05) is 18.1 Å². The molecule has 1 N–H and O–H groups in total. The van der Waals surface area contributed by atoms with Crippen LogP contribution in [0.25, 0.3) is 5.57 Å². The fourth-order valence-corrected chi connectivity index (χ4v) is 2.52. The Bertz CT molecular complexity index is 737. The Morgan fingerprint density at radius 3 is 2.17 bits per heavy atom. The molecule has 0 aliphatic rings. The molecule has 0 fully saturated rings.